The highest BCUT2D eigenvalue weighted by molar-refractivity contribution is 6.04. The number of hydrogen-bond donors (Lipinski definition) is 1. The summed E-state index contributed by atoms with van der Waals surface area (Å²) < 4.78 is 5.73. The van der Waals surface area contributed by atoms with Gasteiger partial charge in [-0.2, -0.15) is 5.26 Å². The molecule has 3 aromatic rings. The highest BCUT2D eigenvalue weighted by atomic mass is 16.5. The van der Waals surface area contributed by atoms with Crippen molar-refractivity contribution in [2.75, 3.05) is 5.32 Å². The van der Waals surface area contributed by atoms with E-state index in [4.69, 9.17) is 10.00 Å². The maximum absolute atomic E-state index is 12.3. The number of amides is 1. The molecule has 0 saturated carbocycles. The lowest BCUT2D eigenvalue weighted by Crippen LogP contribution is -2.11. The maximum Gasteiger partial charge on any atom is 0.255 e. The van der Waals surface area contributed by atoms with E-state index in [0.717, 1.165) is 0 Å². The number of nitrogens with one attached hydrogen (secondary N) is 1. The third-order valence-corrected chi connectivity index (χ3v) is 3.35. The van der Waals surface area contributed by atoms with E-state index in [1.165, 1.54) is 0 Å². The van der Waals surface area contributed by atoms with Crippen LogP contribution in [0.25, 0.3) is 0 Å². The first-order chi connectivity index (χ1) is 11.7. The summed E-state index contributed by atoms with van der Waals surface area (Å²) in [6, 6.07) is 25.1. The minimum absolute atomic E-state index is 0.238. The molecule has 3 aromatic carbocycles. The first-order valence-corrected chi connectivity index (χ1v) is 7.39. The van der Waals surface area contributed by atoms with Gasteiger partial charge < -0.3 is 10.1 Å². The summed E-state index contributed by atoms with van der Waals surface area (Å²) in [5.41, 5.74) is 1.67. The smallest absolute Gasteiger partial charge is 0.255 e. The number of ether oxygens (including phenoxy) is 1. The average Bonchev–Trinajstić information content (AvgIpc) is 2.63. The van der Waals surface area contributed by atoms with Gasteiger partial charge in [-0.05, 0) is 54.6 Å². The van der Waals surface area contributed by atoms with Gasteiger partial charge in [-0.15, -0.1) is 0 Å². The Bertz CT molecular complexity index is 882. The van der Waals surface area contributed by atoms with Gasteiger partial charge in [0.25, 0.3) is 5.91 Å². The minimum atomic E-state index is -0.238. The van der Waals surface area contributed by atoms with Gasteiger partial charge in [0, 0.05) is 11.3 Å². The molecule has 0 unspecified atom stereocenters. The third kappa shape index (κ3) is 3.79. The van der Waals surface area contributed by atoms with Crippen LogP contribution in [0.3, 0.4) is 0 Å². The van der Waals surface area contributed by atoms with Crippen molar-refractivity contribution in [1.29, 1.82) is 5.26 Å². The molecule has 0 aromatic heterocycles. The predicted octanol–water partition coefficient (Wildman–Crippen LogP) is 4.60. The molecule has 0 fully saturated rings. The van der Waals surface area contributed by atoms with E-state index in [2.05, 4.69) is 5.32 Å². The van der Waals surface area contributed by atoms with Crippen molar-refractivity contribution in [2.45, 2.75) is 0 Å². The number of carbonyl (C=O) groups excluding carboxylic acids is 1. The maximum atomic E-state index is 12.3. The molecule has 1 amide bonds. The second kappa shape index (κ2) is 7.12. The van der Waals surface area contributed by atoms with Crippen molar-refractivity contribution in [3.8, 4) is 17.6 Å². The number of hydrogen-bond acceptors (Lipinski definition) is 3. The highest BCUT2D eigenvalue weighted by Gasteiger charge is 2.08. The number of para-hydroxylation sites is 1. The van der Waals surface area contributed by atoms with Gasteiger partial charge in [-0.3, -0.25) is 4.79 Å². The Morgan fingerprint density at radius 3 is 2.29 bits per heavy atom. The van der Waals surface area contributed by atoms with Crippen molar-refractivity contribution in [2.24, 2.45) is 0 Å². The van der Waals surface area contributed by atoms with E-state index >= 15 is 0 Å². The average molecular weight is 314 g/mol. The van der Waals surface area contributed by atoms with Crippen LogP contribution in [-0.4, -0.2) is 5.91 Å². The molecule has 1 N–H and O–H groups in total. The second-order valence-electron chi connectivity index (χ2n) is 5.09. The zero-order chi connectivity index (χ0) is 16.8. The zero-order valence-corrected chi connectivity index (χ0v) is 12.8. The van der Waals surface area contributed by atoms with Crippen LogP contribution in [-0.2, 0) is 0 Å². The Balaban J connectivity index is 1.73. The Hall–Kier alpha value is -3.58. The Labute approximate surface area is 139 Å². The second-order valence-corrected chi connectivity index (χ2v) is 5.09. The molecular weight excluding hydrogens is 300 g/mol. The Kier molecular flexibility index (Phi) is 4.55. The van der Waals surface area contributed by atoms with Crippen molar-refractivity contribution >= 4 is 11.6 Å². The number of rotatable bonds is 4. The van der Waals surface area contributed by atoms with E-state index < -0.39 is 0 Å². The molecule has 0 aliphatic rings. The van der Waals surface area contributed by atoms with Crippen molar-refractivity contribution < 1.29 is 9.53 Å². The fraction of sp³-hybridized carbons (Fsp3) is 0. The van der Waals surface area contributed by atoms with Crippen LogP contribution in [0.15, 0.2) is 78.9 Å². The van der Waals surface area contributed by atoms with Gasteiger partial charge in [-0.1, -0.05) is 24.3 Å². The lowest BCUT2D eigenvalue weighted by Gasteiger charge is -2.08. The zero-order valence-electron chi connectivity index (χ0n) is 12.8. The Morgan fingerprint density at radius 1 is 0.875 bits per heavy atom. The van der Waals surface area contributed by atoms with Crippen LogP contribution in [0.4, 0.5) is 5.69 Å². The topological polar surface area (TPSA) is 62.1 Å². The first-order valence-electron chi connectivity index (χ1n) is 7.39. The van der Waals surface area contributed by atoms with Crippen LogP contribution in [0.2, 0.25) is 0 Å². The van der Waals surface area contributed by atoms with Crippen LogP contribution in [0.1, 0.15) is 15.9 Å². The molecule has 0 bridgehead atoms. The quantitative estimate of drug-likeness (QED) is 0.765. The van der Waals surface area contributed by atoms with Crippen molar-refractivity contribution in [3.63, 3.8) is 0 Å². The number of nitriles is 1. The van der Waals surface area contributed by atoms with Gasteiger partial charge in [0.15, 0.2) is 0 Å². The number of benzene rings is 3. The summed E-state index contributed by atoms with van der Waals surface area (Å²) in [7, 11) is 0. The summed E-state index contributed by atoms with van der Waals surface area (Å²) in [6.45, 7) is 0. The van der Waals surface area contributed by atoms with Gasteiger partial charge in [-0.25, -0.2) is 0 Å². The molecule has 0 atom stereocenters. The molecule has 4 heteroatoms. The predicted molar refractivity (Wildman–Crippen MR) is 92.1 cm³/mol. The van der Waals surface area contributed by atoms with E-state index in [0.29, 0.717) is 28.3 Å². The van der Waals surface area contributed by atoms with E-state index in [1.807, 2.05) is 36.4 Å². The van der Waals surface area contributed by atoms with Crippen LogP contribution < -0.4 is 10.1 Å². The summed E-state index contributed by atoms with van der Waals surface area (Å²) in [4.78, 5) is 12.3. The summed E-state index contributed by atoms with van der Waals surface area (Å²) in [5, 5.41) is 11.6. The summed E-state index contributed by atoms with van der Waals surface area (Å²) in [6.07, 6.45) is 0. The lowest BCUT2D eigenvalue weighted by molar-refractivity contribution is 0.102. The minimum Gasteiger partial charge on any atom is -0.457 e. The van der Waals surface area contributed by atoms with E-state index in [9.17, 15) is 4.79 Å². The molecule has 4 nitrogen and oxygen atoms in total. The lowest BCUT2D eigenvalue weighted by atomic mass is 10.2. The third-order valence-electron chi connectivity index (χ3n) is 3.35. The van der Waals surface area contributed by atoms with Gasteiger partial charge in [0.05, 0.1) is 11.6 Å². The van der Waals surface area contributed by atoms with Gasteiger partial charge in [0.1, 0.15) is 11.5 Å². The molecule has 24 heavy (non-hydrogen) atoms. The molecule has 0 radical (unpaired) electrons. The van der Waals surface area contributed by atoms with Crippen LogP contribution >= 0.6 is 0 Å². The molecular formula is C20H14N2O2. The molecule has 0 aliphatic heterocycles. The highest BCUT2D eigenvalue weighted by Crippen LogP contribution is 2.22. The molecule has 116 valence electrons. The van der Waals surface area contributed by atoms with Gasteiger partial charge in [0.2, 0.25) is 0 Å². The number of nitrogens with zero attached hydrogens (tertiary/aromatic N) is 1. The summed E-state index contributed by atoms with van der Waals surface area (Å²) in [5.74, 6) is 1.06. The van der Waals surface area contributed by atoms with E-state index in [-0.39, 0.29) is 5.91 Å². The monoisotopic (exact) mass is 314 g/mol. The molecule has 0 aliphatic carbocycles. The number of carbonyl (C=O) groups is 1. The SMILES string of the molecule is N#Cc1ccc(NC(=O)c2cccc(Oc3ccccc3)c2)cc1. The number of anilines is 1. The van der Waals surface area contributed by atoms with Gasteiger partial charge >= 0.3 is 0 Å². The Morgan fingerprint density at radius 2 is 1.58 bits per heavy atom. The molecule has 0 heterocycles. The van der Waals surface area contributed by atoms with Crippen molar-refractivity contribution in [1.82, 2.24) is 0 Å². The van der Waals surface area contributed by atoms with Crippen molar-refractivity contribution in [3.05, 3.63) is 90.0 Å². The molecule has 3 rings (SSSR count). The van der Waals surface area contributed by atoms with E-state index in [1.54, 1.807) is 48.5 Å². The summed E-state index contributed by atoms with van der Waals surface area (Å²) >= 11 is 0. The normalized spacial score (nSPS) is 9.79. The fourth-order valence-electron chi connectivity index (χ4n) is 2.16. The first kappa shape index (κ1) is 15.3. The standard InChI is InChI=1S/C20H14N2O2/c21-14-15-9-11-17(12-10-15)22-20(23)16-5-4-8-19(13-16)24-18-6-2-1-3-7-18/h1-13H,(H,22,23). The molecule has 0 saturated heterocycles. The van der Waals surface area contributed by atoms with Crippen LogP contribution in [0.5, 0.6) is 11.5 Å². The largest absolute Gasteiger partial charge is 0.457 e. The molecule has 0 spiro atoms. The fourth-order valence-corrected chi connectivity index (χ4v) is 2.16. The van der Waals surface area contributed by atoms with Crippen LogP contribution in [0, 0.1) is 11.3 Å².